The topological polar surface area (TPSA) is 46.5 Å². The molecule has 0 radical (unpaired) electrons. The molecule has 0 bridgehead atoms. The molecule has 0 saturated carbocycles. The summed E-state index contributed by atoms with van der Waals surface area (Å²) in [6.07, 6.45) is 0.00211. The molecule has 0 aliphatic heterocycles. The number of hydrogen-bond donors (Lipinski definition) is 1. The average molecular weight is 247 g/mol. The molecular formula is C11H12ClFO3. The van der Waals surface area contributed by atoms with Gasteiger partial charge in [0.05, 0.1) is 11.6 Å². The van der Waals surface area contributed by atoms with Crippen LogP contribution in [0.1, 0.15) is 17.5 Å². The molecule has 1 rings (SSSR count). The van der Waals surface area contributed by atoms with Gasteiger partial charge in [0.25, 0.3) is 0 Å². The molecule has 88 valence electrons. The van der Waals surface area contributed by atoms with Gasteiger partial charge in [-0.3, -0.25) is 4.79 Å². The lowest BCUT2D eigenvalue weighted by atomic mass is 10.1. The van der Waals surface area contributed by atoms with E-state index in [-0.39, 0.29) is 17.9 Å². The second-order valence-electron chi connectivity index (χ2n) is 3.38. The molecule has 0 aliphatic rings. The van der Waals surface area contributed by atoms with Gasteiger partial charge in [-0.1, -0.05) is 17.7 Å². The van der Waals surface area contributed by atoms with Crippen molar-refractivity contribution in [2.45, 2.75) is 19.4 Å². The summed E-state index contributed by atoms with van der Waals surface area (Å²) < 4.78 is 18.4. The van der Waals surface area contributed by atoms with Crippen molar-refractivity contribution < 1.29 is 19.0 Å². The molecule has 16 heavy (non-hydrogen) atoms. The standard InChI is InChI=1S/C11H12ClFO3/c1-16-6-7-4-8(2-3-10(14)15)11(13)9(12)5-7/h4-5H,2-3,6H2,1H3,(H,14,15). The minimum Gasteiger partial charge on any atom is -0.481 e. The maximum absolute atomic E-state index is 13.5. The zero-order valence-corrected chi connectivity index (χ0v) is 9.55. The van der Waals surface area contributed by atoms with Crippen LogP contribution >= 0.6 is 11.6 Å². The first kappa shape index (κ1) is 12.9. The van der Waals surface area contributed by atoms with Crippen molar-refractivity contribution in [2.24, 2.45) is 0 Å². The number of halogens is 2. The number of methoxy groups -OCH3 is 1. The van der Waals surface area contributed by atoms with Gasteiger partial charge in [-0.05, 0) is 23.6 Å². The van der Waals surface area contributed by atoms with Crippen LogP contribution in [-0.2, 0) is 22.6 Å². The Kier molecular flexibility index (Phi) is 4.71. The van der Waals surface area contributed by atoms with Gasteiger partial charge in [0, 0.05) is 13.5 Å². The number of aryl methyl sites for hydroxylation is 1. The Bertz CT molecular complexity index is 393. The number of benzene rings is 1. The van der Waals surface area contributed by atoms with Gasteiger partial charge in [0.2, 0.25) is 0 Å². The van der Waals surface area contributed by atoms with E-state index in [1.165, 1.54) is 13.2 Å². The van der Waals surface area contributed by atoms with Crippen molar-refractivity contribution in [3.8, 4) is 0 Å². The normalized spacial score (nSPS) is 10.4. The predicted octanol–water partition coefficient (Wildman–Crippen LogP) is 2.64. The summed E-state index contributed by atoms with van der Waals surface area (Å²) in [6.45, 7) is 0.320. The molecule has 0 atom stereocenters. The van der Waals surface area contributed by atoms with E-state index >= 15 is 0 Å². The van der Waals surface area contributed by atoms with Crippen molar-refractivity contribution in [3.63, 3.8) is 0 Å². The van der Waals surface area contributed by atoms with Crippen molar-refractivity contribution in [2.75, 3.05) is 7.11 Å². The van der Waals surface area contributed by atoms with E-state index in [4.69, 9.17) is 21.4 Å². The van der Waals surface area contributed by atoms with E-state index in [1.807, 2.05) is 0 Å². The Balaban J connectivity index is 2.92. The molecule has 0 aliphatic carbocycles. The van der Waals surface area contributed by atoms with Gasteiger partial charge in [-0.15, -0.1) is 0 Å². The summed E-state index contributed by atoms with van der Waals surface area (Å²) in [5.41, 5.74) is 1.04. The Hall–Kier alpha value is -1.13. The SMILES string of the molecule is COCc1cc(Cl)c(F)c(CCC(=O)O)c1. The number of ether oxygens (including phenoxy) is 1. The summed E-state index contributed by atoms with van der Waals surface area (Å²) in [5, 5.41) is 8.52. The van der Waals surface area contributed by atoms with Crippen molar-refractivity contribution in [1.82, 2.24) is 0 Å². The first-order valence-corrected chi connectivity index (χ1v) is 5.10. The van der Waals surface area contributed by atoms with Gasteiger partial charge in [-0.2, -0.15) is 0 Å². The highest BCUT2D eigenvalue weighted by atomic mass is 35.5. The molecule has 0 amide bonds. The largest absolute Gasteiger partial charge is 0.481 e. The Labute approximate surface area is 97.8 Å². The minimum absolute atomic E-state index is 0.00469. The van der Waals surface area contributed by atoms with Gasteiger partial charge < -0.3 is 9.84 Å². The third kappa shape index (κ3) is 3.47. The predicted molar refractivity (Wildman–Crippen MR) is 58.1 cm³/mol. The molecular weight excluding hydrogens is 235 g/mol. The minimum atomic E-state index is -0.965. The summed E-state index contributed by atoms with van der Waals surface area (Å²) in [7, 11) is 1.52. The smallest absolute Gasteiger partial charge is 0.303 e. The van der Waals surface area contributed by atoms with Crippen LogP contribution in [0.3, 0.4) is 0 Å². The van der Waals surface area contributed by atoms with E-state index in [0.29, 0.717) is 12.2 Å². The van der Waals surface area contributed by atoms with E-state index in [2.05, 4.69) is 0 Å². The number of carboxylic acid groups (broad SMARTS) is 1. The van der Waals surface area contributed by atoms with Gasteiger partial charge >= 0.3 is 5.97 Å². The van der Waals surface area contributed by atoms with Crippen LogP contribution in [0, 0.1) is 5.82 Å². The highest BCUT2D eigenvalue weighted by Gasteiger charge is 2.10. The van der Waals surface area contributed by atoms with Crippen molar-refractivity contribution >= 4 is 17.6 Å². The highest BCUT2D eigenvalue weighted by molar-refractivity contribution is 6.30. The Morgan fingerprint density at radius 2 is 2.25 bits per heavy atom. The number of hydrogen-bond acceptors (Lipinski definition) is 2. The van der Waals surface area contributed by atoms with Crippen LogP contribution in [-0.4, -0.2) is 18.2 Å². The van der Waals surface area contributed by atoms with Gasteiger partial charge in [-0.25, -0.2) is 4.39 Å². The quantitative estimate of drug-likeness (QED) is 0.869. The third-order valence-corrected chi connectivity index (χ3v) is 2.36. The summed E-state index contributed by atoms with van der Waals surface area (Å²) >= 11 is 5.69. The molecule has 0 spiro atoms. The molecule has 0 fully saturated rings. The van der Waals surface area contributed by atoms with Crippen LogP contribution < -0.4 is 0 Å². The monoisotopic (exact) mass is 246 g/mol. The first-order valence-electron chi connectivity index (χ1n) is 4.72. The summed E-state index contributed by atoms with van der Waals surface area (Å²) in [6, 6.07) is 3.05. The second-order valence-corrected chi connectivity index (χ2v) is 3.78. The zero-order valence-electron chi connectivity index (χ0n) is 8.80. The lowest BCUT2D eigenvalue weighted by molar-refractivity contribution is -0.136. The molecule has 3 nitrogen and oxygen atoms in total. The molecule has 5 heteroatoms. The molecule has 1 aromatic rings. The van der Waals surface area contributed by atoms with Crippen LogP contribution in [0.5, 0.6) is 0 Å². The fourth-order valence-corrected chi connectivity index (χ4v) is 1.64. The van der Waals surface area contributed by atoms with Crippen LogP contribution in [0.4, 0.5) is 4.39 Å². The van der Waals surface area contributed by atoms with Crippen molar-refractivity contribution in [1.29, 1.82) is 0 Å². The molecule has 0 unspecified atom stereocenters. The average Bonchev–Trinajstić information content (AvgIpc) is 2.21. The molecule has 1 N–H and O–H groups in total. The number of carboxylic acids is 1. The molecule has 1 aromatic carbocycles. The third-order valence-electron chi connectivity index (χ3n) is 2.08. The van der Waals surface area contributed by atoms with Gasteiger partial charge in [0.15, 0.2) is 0 Å². The van der Waals surface area contributed by atoms with E-state index in [9.17, 15) is 9.18 Å². The van der Waals surface area contributed by atoms with Crippen LogP contribution in [0.2, 0.25) is 5.02 Å². The molecule has 0 saturated heterocycles. The lowest BCUT2D eigenvalue weighted by Gasteiger charge is -2.07. The van der Waals surface area contributed by atoms with Gasteiger partial charge in [0.1, 0.15) is 5.82 Å². The second kappa shape index (κ2) is 5.82. The Morgan fingerprint density at radius 3 is 2.81 bits per heavy atom. The lowest BCUT2D eigenvalue weighted by Crippen LogP contribution is -2.01. The number of aliphatic carboxylic acids is 1. The van der Waals surface area contributed by atoms with E-state index in [0.717, 1.165) is 5.56 Å². The van der Waals surface area contributed by atoms with E-state index < -0.39 is 11.8 Å². The van der Waals surface area contributed by atoms with Crippen LogP contribution in [0.15, 0.2) is 12.1 Å². The fourth-order valence-electron chi connectivity index (χ4n) is 1.38. The summed E-state index contributed by atoms with van der Waals surface area (Å²) in [5.74, 6) is -1.52. The zero-order chi connectivity index (χ0) is 12.1. The Morgan fingerprint density at radius 1 is 1.56 bits per heavy atom. The fraction of sp³-hybridized carbons (Fsp3) is 0.364. The van der Waals surface area contributed by atoms with E-state index in [1.54, 1.807) is 6.07 Å². The maximum Gasteiger partial charge on any atom is 0.303 e. The number of rotatable bonds is 5. The summed E-state index contributed by atoms with van der Waals surface area (Å²) in [4.78, 5) is 10.4. The number of carbonyl (C=O) groups is 1. The molecule has 0 aromatic heterocycles. The maximum atomic E-state index is 13.5. The van der Waals surface area contributed by atoms with Crippen LogP contribution in [0.25, 0.3) is 0 Å². The van der Waals surface area contributed by atoms with Crippen molar-refractivity contribution in [3.05, 3.63) is 34.1 Å². The molecule has 0 heterocycles. The highest BCUT2D eigenvalue weighted by Crippen LogP contribution is 2.22. The first-order chi connectivity index (χ1) is 7.54.